The van der Waals surface area contributed by atoms with Crippen LogP contribution in [0.3, 0.4) is 0 Å². The van der Waals surface area contributed by atoms with Crippen LogP contribution in [0.15, 0.2) is 29.3 Å². The number of likely N-dealkylation sites (N-methyl/N-ethyl adjacent to an activating group) is 1. The van der Waals surface area contributed by atoms with Crippen molar-refractivity contribution in [1.29, 1.82) is 0 Å². The maximum absolute atomic E-state index is 11.6. The molecule has 1 aromatic rings. The van der Waals surface area contributed by atoms with Crippen molar-refractivity contribution >= 4 is 11.9 Å². The van der Waals surface area contributed by atoms with E-state index in [4.69, 9.17) is 14.5 Å². The monoisotopic (exact) mass is 404 g/mol. The summed E-state index contributed by atoms with van der Waals surface area (Å²) in [5, 5.41) is 9.58. The second-order valence-corrected chi connectivity index (χ2v) is 8.14. The van der Waals surface area contributed by atoms with Gasteiger partial charge in [-0.05, 0) is 44.9 Å². The van der Waals surface area contributed by atoms with Crippen molar-refractivity contribution in [2.24, 2.45) is 10.4 Å². The number of nitrogens with zero attached hydrogens (tertiary/aromatic N) is 1. The lowest BCUT2D eigenvalue weighted by molar-refractivity contribution is -0.176. The van der Waals surface area contributed by atoms with Gasteiger partial charge in [0.15, 0.2) is 12.6 Å². The van der Waals surface area contributed by atoms with Gasteiger partial charge in [-0.25, -0.2) is 4.99 Å². The Balaban J connectivity index is 1.98. The van der Waals surface area contributed by atoms with Gasteiger partial charge in [0, 0.05) is 31.7 Å². The molecule has 1 aliphatic carbocycles. The number of carbonyl (C=O) groups is 1. The number of hydrogen-bond acceptors (Lipinski definition) is 4. The van der Waals surface area contributed by atoms with Crippen LogP contribution in [0.2, 0.25) is 0 Å². The quantitative estimate of drug-likeness (QED) is 0.435. The van der Waals surface area contributed by atoms with Crippen LogP contribution in [0.4, 0.5) is 0 Å². The van der Waals surface area contributed by atoms with E-state index in [9.17, 15) is 4.79 Å². The lowest BCUT2D eigenvalue weighted by Gasteiger charge is -2.59. The zero-order valence-electron chi connectivity index (χ0n) is 18.6. The first-order valence-corrected chi connectivity index (χ1v) is 10.3. The minimum absolute atomic E-state index is 0.00472. The van der Waals surface area contributed by atoms with E-state index in [1.807, 2.05) is 31.2 Å². The van der Waals surface area contributed by atoms with Gasteiger partial charge in [-0.2, -0.15) is 0 Å². The number of benzene rings is 1. The van der Waals surface area contributed by atoms with Crippen molar-refractivity contribution in [3.63, 3.8) is 0 Å². The summed E-state index contributed by atoms with van der Waals surface area (Å²) < 4.78 is 11.3. The van der Waals surface area contributed by atoms with Crippen molar-refractivity contribution in [3.8, 4) is 5.75 Å². The van der Waals surface area contributed by atoms with Gasteiger partial charge in [0.05, 0.1) is 12.1 Å². The Morgan fingerprint density at radius 3 is 2.55 bits per heavy atom. The number of amides is 1. The molecule has 0 aromatic heterocycles. The molecule has 0 bridgehead atoms. The molecule has 1 saturated carbocycles. The minimum atomic E-state index is -0.127. The predicted octanol–water partition coefficient (Wildman–Crippen LogP) is 2.46. The van der Waals surface area contributed by atoms with Crippen LogP contribution >= 0.6 is 0 Å². The third-order valence-corrected chi connectivity index (χ3v) is 6.00. The molecular formula is C22H36N4O3. The summed E-state index contributed by atoms with van der Waals surface area (Å²) >= 11 is 0. The van der Waals surface area contributed by atoms with Gasteiger partial charge < -0.3 is 25.4 Å². The molecule has 162 valence electrons. The van der Waals surface area contributed by atoms with Crippen molar-refractivity contribution in [2.45, 2.75) is 59.2 Å². The molecule has 2 atom stereocenters. The highest BCUT2D eigenvalue weighted by atomic mass is 16.5. The summed E-state index contributed by atoms with van der Waals surface area (Å²) in [4.78, 5) is 16.3. The summed E-state index contributed by atoms with van der Waals surface area (Å²) in [7, 11) is 1.78. The normalized spacial score (nSPS) is 23.1. The molecule has 7 heteroatoms. The highest BCUT2D eigenvalue weighted by molar-refractivity contribution is 5.80. The highest BCUT2D eigenvalue weighted by Crippen LogP contribution is 2.51. The molecule has 7 nitrogen and oxygen atoms in total. The number of carbonyl (C=O) groups excluding carboxylic acids is 1. The Hall–Kier alpha value is -2.28. The lowest BCUT2D eigenvalue weighted by Crippen LogP contribution is -2.69. The largest absolute Gasteiger partial charge is 0.484 e. The molecular weight excluding hydrogens is 368 g/mol. The van der Waals surface area contributed by atoms with Gasteiger partial charge in [-0.1, -0.05) is 26.0 Å². The maximum Gasteiger partial charge on any atom is 0.257 e. The first-order valence-electron chi connectivity index (χ1n) is 10.3. The second kappa shape index (κ2) is 9.96. The van der Waals surface area contributed by atoms with E-state index < -0.39 is 0 Å². The van der Waals surface area contributed by atoms with E-state index in [0.29, 0.717) is 18.8 Å². The number of methoxy groups -OCH3 is 1. The van der Waals surface area contributed by atoms with Crippen molar-refractivity contribution in [2.75, 3.05) is 26.8 Å². The molecule has 29 heavy (non-hydrogen) atoms. The number of aliphatic imine (C=N–C) groups is 1. The van der Waals surface area contributed by atoms with Crippen LogP contribution in [-0.4, -0.2) is 50.3 Å². The van der Waals surface area contributed by atoms with Crippen LogP contribution in [0, 0.1) is 5.41 Å². The number of nitrogens with one attached hydrogen (secondary N) is 3. The highest BCUT2D eigenvalue weighted by Gasteiger charge is 2.58. The smallest absolute Gasteiger partial charge is 0.257 e. The summed E-state index contributed by atoms with van der Waals surface area (Å²) in [5.74, 6) is 1.33. The molecule has 0 aliphatic heterocycles. The average Bonchev–Trinajstić information content (AvgIpc) is 2.70. The Morgan fingerprint density at radius 1 is 1.21 bits per heavy atom. The summed E-state index contributed by atoms with van der Waals surface area (Å²) in [6, 6.07) is 7.97. The van der Waals surface area contributed by atoms with E-state index in [1.165, 1.54) is 0 Å². The Morgan fingerprint density at radius 2 is 1.93 bits per heavy atom. The molecule has 3 N–H and O–H groups in total. The van der Waals surface area contributed by atoms with Crippen LogP contribution in [0.5, 0.6) is 5.75 Å². The topological polar surface area (TPSA) is 84.0 Å². The van der Waals surface area contributed by atoms with Crippen molar-refractivity contribution in [3.05, 3.63) is 29.8 Å². The van der Waals surface area contributed by atoms with E-state index in [0.717, 1.165) is 24.5 Å². The summed E-state index contributed by atoms with van der Waals surface area (Å²) in [6.45, 7) is 12.4. The summed E-state index contributed by atoms with van der Waals surface area (Å²) in [6.07, 6.45) is 0.935. The number of ether oxygens (including phenoxy) is 2. The SMILES string of the molecule is CCNC(=O)COc1cccc(CN=C(NCC)NC2CC(C)(OC)C2(C)C)c1. The summed E-state index contributed by atoms with van der Waals surface area (Å²) in [5.41, 5.74) is 0.896. The van der Waals surface area contributed by atoms with Gasteiger partial charge >= 0.3 is 0 Å². The Kier molecular flexibility index (Phi) is 7.90. The molecule has 0 spiro atoms. The Bertz CT molecular complexity index is 720. The number of rotatable bonds is 9. The van der Waals surface area contributed by atoms with Crippen LogP contribution in [0.1, 0.15) is 46.6 Å². The average molecular weight is 405 g/mol. The third-order valence-electron chi connectivity index (χ3n) is 6.00. The fraction of sp³-hybridized carbons (Fsp3) is 0.636. The van der Waals surface area contributed by atoms with Crippen LogP contribution in [-0.2, 0) is 16.1 Å². The zero-order valence-corrected chi connectivity index (χ0v) is 18.6. The lowest BCUT2D eigenvalue weighted by atomic mass is 9.56. The number of guanidine groups is 1. The molecule has 2 unspecified atom stereocenters. The fourth-order valence-electron chi connectivity index (χ4n) is 3.51. The zero-order chi connectivity index (χ0) is 21.5. The van der Waals surface area contributed by atoms with Gasteiger partial charge in [0.1, 0.15) is 5.75 Å². The van der Waals surface area contributed by atoms with Gasteiger partial charge in [0.2, 0.25) is 0 Å². The third kappa shape index (κ3) is 5.63. The standard InChI is InChI=1S/C22H36N4O3/c1-7-23-19(27)15-29-17-11-9-10-16(12-17)14-25-20(24-8-2)26-18-13-22(5,28-6)21(18,3)4/h9-12,18H,7-8,13-15H2,1-6H3,(H,23,27)(H2,24,25,26). The molecule has 0 saturated heterocycles. The van der Waals surface area contributed by atoms with Crippen molar-refractivity contribution < 1.29 is 14.3 Å². The second-order valence-electron chi connectivity index (χ2n) is 8.14. The van der Waals surface area contributed by atoms with Crippen LogP contribution < -0.4 is 20.7 Å². The molecule has 1 amide bonds. The predicted molar refractivity (Wildman–Crippen MR) is 116 cm³/mol. The first-order chi connectivity index (χ1) is 13.8. The maximum atomic E-state index is 11.6. The van der Waals surface area contributed by atoms with Crippen molar-refractivity contribution in [1.82, 2.24) is 16.0 Å². The molecule has 1 aromatic carbocycles. The van der Waals surface area contributed by atoms with E-state index in [1.54, 1.807) is 7.11 Å². The van der Waals surface area contributed by atoms with Gasteiger partial charge in [-0.15, -0.1) is 0 Å². The van der Waals surface area contributed by atoms with Crippen LogP contribution in [0.25, 0.3) is 0 Å². The molecule has 2 rings (SSSR count). The van der Waals surface area contributed by atoms with E-state index in [2.05, 4.69) is 43.6 Å². The Labute approximate surface area is 174 Å². The molecule has 1 aliphatic rings. The molecule has 0 heterocycles. The van der Waals surface area contributed by atoms with Gasteiger partial charge in [0.25, 0.3) is 5.91 Å². The van der Waals surface area contributed by atoms with E-state index >= 15 is 0 Å². The minimum Gasteiger partial charge on any atom is -0.484 e. The molecule has 1 fully saturated rings. The van der Waals surface area contributed by atoms with Gasteiger partial charge in [-0.3, -0.25) is 4.79 Å². The molecule has 0 radical (unpaired) electrons. The fourth-order valence-corrected chi connectivity index (χ4v) is 3.51. The first kappa shape index (κ1) is 23.0. The number of hydrogen-bond donors (Lipinski definition) is 3. The van der Waals surface area contributed by atoms with E-state index in [-0.39, 0.29) is 29.6 Å².